The molecule has 1 fully saturated rings. The number of ether oxygens (including phenoxy) is 1. The molecule has 1 aliphatic rings. The first-order chi connectivity index (χ1) is 13.3. The van der Waals surface area contributed by atoms with Crippen molar-refractivity contribution in [2.24, 2.45) is 5.14 Å². The van der Waals surface area contributed by atoms with Crippen molar-refractivity contribution < 1.29 is 17.9 Å². The Morgan fingerprint density at radius 2 is 1.86 bits per heavy atom. The predicted octanol–water partition coefficient (Wildman–Crippen LogP) is 2.33. The summed E-state index contributed by atoms with van der Waals surface area (Å²) in [5.41, 5.74) is 1.11. The van der Waals surface area contributed by atoms with Gasteiger partial charge >= 0.3 is 0 Å². The molecule has 150 valence electrons. The number of hydrogen-bond donors (Lipinski definition) is 3. The van der Waals surface area contributed by atoms with Gasteiger partial charge < -0.3 is 10.1 Å². The Labute approximate surface area is 172 Å². The molecular formula is C19H22BrN3O4S. The van der Waals surface area contributed by atoms with Crippen LogP contribution >= 0.6 is 15.9 Å². The summed E-state index contributed by atoms with van der Waals surface area (Å²) in [4.78, 5) is 12.4. The molecule has 28 heavy (non-hydrogen) atoms. The average molecular weight is 468 g/mol. The fraction of sp³-hybridized carbons (Fsp3) is 0.316. The Bertz CT molecular complexity index is 959. The van der Waals surface area contributed by atoms with Gasteiger partial charge in [0, 0.05) is 28.9 Å². The van der Waals surface area contributed by atoms with Gasteiger partial charge in [-0.25, -0.2) is 13.6 Å². The maximum absolute atomic E-state index is 12.5. The second-order valence-corrected chi connectivity index (χ2v) is 9.16. The normalized spacial score (nSPS) is 16.5. The van der Waals surface area contributed by atoms with Crippen molar-refractivity contribution >= 4 is 37.5 Å². The van der Waals surface area contributed by atoms with E-state index < -0.39 is 10.0 Å². The minimum Gasteiger partial charge on any atom is -0.381 e. The lowest BCUT2D eigenvalue weighted by Crippen LogP contribution is -2.49. The molecule has 0 spiro atoms. The molecule has 0 unspecified atom stereocenters. The van der Waals surface area contributed by atoms with E-state index >= 15 is 0 Å². The molecule has 2 aromatic rings. The van der Waals surface area contributed by atoms with E-state index in [9.17, 15) is 13.2 Å². The number of anilines is 1. The zero-order valence-electron chi connectivity index (χ0n) is 15.2. The Hall–Kier alpha value is -1.78. The summed E-state index contributed by atoms with van der Waals surface area (Å²) in [6.07, 6.45) is 1.50. The minimum absolute atomic E-state index is 0.0479. The second-order valence-electron chi connectivity index (χ2n) is 6.68. The zero-order chi connectivity index (χ0) is 20.2. The number of amides is 1. The molecule has 1 heterocycles. The van der Waals surface area contributed by atoms with E-state index in [0.717, 1.165) is 22.9 Å². The third kappa shape index (κ3) is 5.18. The summed E-state index contributed by atoms with van der Waals surface area (Å²) in [6, 6.07) is 13.9. The topological polar surface area (TPSA) is 111 Å². The summed E-state index contributed by atoms with van der Waals surface area (Å²) in [5.74, 6) is -0.271. The van der Waals surface area contributed by atoms with Crippen LogP contribution in [0.1, 0.15) is 18.4 Å². The van der Waals surface area contributed by atoms with Gasteiger partial charge in [0.05, 0.1) is 11.4 Å². The van der Waals surface area contributed by atoms with E-state index in [0.29, 0.717) is 18.9 Å². The predicted molar refractivity (Wildman–Crippen MR) is 110 cm³/mol. The number of sulfonamides is 1. The van der Waals surface area contributed by atoms with Crippen LogP contribution in [0.15, 0.2) is 57.9 Å². The van der Waals surface area contributed by atoms with E-state index in [4.69, 9.17) is 9.88 Å². The molecule has 9 heteroatoms. The van der Waals surface area contributed by atoms with Crippen molar-refractivity contribution in [3.8, 4) is 0 Å². The number of hydrogen-bond acceptors (Lipinski definition) is 5. The van der Waals surface area contributed by atoms with Gasteiger partial charge in [-0.05, 0) is 48.7 Å². The van der Waals surface area contributed by atoms with Gasteiger partial charge in [0.25, 0.3) is 0 Å². The van der Waals surface area contributed by atoms with Gasteiger partial charge in [-0.2, -0.15) is 0 Å². The number of nitrogens with one attached hydrogen (secondary N) is 2. The molecule has 7 nitrogen and oxygen atoms in total. The minimum atomic E-state index is -3.83. The lowest BCUT2D eigenvalue weighted by molar-refractivity contribution is -0.116. The van der Waals surface area contributed by atoms with Gasteiger partial charge in [-0.3, -0.25) is 10.1 Å². The van der Waals surface area contributed by atoms with E-state index in [-0.39, 0.29) is 22.9 Å². The van der Waals surface area contributed by atoms with Crippen LogP contribution < -0.4 is 15.8 Å². The van der Waals surface area contributed by atoms with Crippen molar-refractivity contribution in [3.05, 3.63) is 58.6 Å². The Morgan fingerprint density at radius 1 is 1.14 bits per heavy atom. The summed E-state index contributed by atoms with van der Waals surface area (Å²) >= 11 is 3.50. The van der Waals surface area contributed by atoms with Gasteiger partial charge in [0.2, 0.25) is 15.9 Å². The number of carbonyl (C=O) groups excluding carboxylic acids is 1. The van der Waals surface area contributed by atoms with Crippen LogP contribution in [0.2, 0.25) is 0 Å². The van der Waals surface area contributed by atoms with Crippen LogP contribution in [0.25, 0.3) is 0 Å². The largest absolute Gasteiger partial charge is 0.381 e. The SMILES string of the molecule is NS(=O)(=O)c1cccc(NC(=O)CNC2(c3cccc(Br)c3)CCOCC2)c1. The van der Waals surface area contributed by atoms with Gasteiger partial charge in [-0.1, -0.05) is 34.1 Å². The molecule has 0 aromatic heterocycles. The molecule has 1 aliphatic heterocycles. The fourth-order valence-corrected chi connectivity index (χ4v) is 4.24. The third-order valence-corrected chi connectivity index (χ3v) is 6.16. The van der Waals surface area contributed by atoms with Crippen LogP contribution in [0, 0.1) is 0 Å². The van der Waals surface area contributed by atoms with E-state index in [1.807, 2.05) is 24.3 Å². The maximum Gasteiger partial charge on any atom is 0.238 e. The van der Waals surface area contributed by atoms with Crippen LogP contribution in [-0.4, -0.2) is 34.1 Å². The van der Waals surface area contributed by atoms with Crippen molar-refractivity contribution in [3.63, 3.8) is 0 Å². The number of nitrogens with two attached hydrogens (primary N) is 1. The maximum atomic E-state index is 12.5. The molecule has 3 rings (SSSR count). The molecule has 2 aromatic carbocycles. The Kier molecular flexibility index (Phi) is 6.51. The molecule has 1 saturated heterocycles. The van der Waals surface area contributed by atoms with Crippen LogP contribution in [0.4, 0.5) is 5.69 Å². The summed E-state index contributed by atoms with van der Waals surface area (Å²) < 4.78 is 29.4. The highest BCUT2D eigenvalue weighted by molar-refractivity contribution is 9.10. The first kappa shape index (κ1) is 20.9. The van der Waals surface area contributed by atoms with Crippen LogP contribution in [0.5, 0.6) is 0 Å². The van der Waals surface area contributed by atoms with Crippen LogP contribution in [0.3, 0.4) is 0 Å². The van der Waals surface area contributed by atoms with E-state index in [2.05, 4.69) is 26.6 Å². The van der Waals surface area contributed by atoms with E-state index in [1.54, 1.807) is 6.07 Å². The third-order valence-electron chi connectivity index (χ3n) is 4.76. The van der Waals surface area contributed by atoms with Gasteiger partial charge in [0.1, 0.15) is 0 Å². The lowest BCUT2D eigenvalue weighted by atomic mass is 9.82. The first-order valence-corrected chi connectivity index (χ1v) is 11.1. The number of rotatable bonds is 6. The van der Waals surface area contributed by atoms with Crippen molar-refractivity contribution in [1.82, 2.24) is 5.32 Å². The van der Waals surface area contributed by atoms with Crippen LogP contribution in [-0.2, 0) is 25.1 Å². The fourth-order valence-electron chi connectivity index (χ4n) is 3.28. The average Bonchev–Trinajstić information content (AvgIpc) is 2.67. The highest BCUT2D eigenvalue weighted by atomic mass is 79.9. The summed E-state index contributed by atoms with van der Waals surface area (Å²) in [5, 5.41) is 11.2. The van der Waals surface area contributed by atoms with Gasteiger partial charge in [0.15, 0.2) is 0 Å². The van der Waals surface area contributed by atoms with E-state index in [1.165, 1.54) is 18.2 Å². The number of carbonyl (C=O) groups is 1. The van der Waals surface area contributed by atoms with Gasteiger partial charge in [-0.15, -0.1) is 0 Å². The standard InChI is InChI=1S/C19H22BrN3O4S/c20-15-4-1-3-14(11-15)19(7-9-27-10-8-19)22-13-18(24)23-16-5-2-6-17(12-16)28(21,25)26/h1-6,11-12,22H,7-10,13H2,(H,23,24)(H2,21,25,26). The molecule has 0 saturated carbocycles. The molecule has 0 aliphatic carbocycles. The van der Waals surface area contributed by atoms with Crippen molar-refractivity contribution in [2.75, 3.05) is 25.1 Å². The first-order valence-electron chi connectivity index (χ1n) is 8.80. The molecule has 0 bridgehead atoms. The van der Waals surface area contributed by atoms with Crippen molar-refractivity contribution in [1.29, 1.82) is 0 Å². The highest BCUT2D eigenvalue weighted by Crippen LogP contribution is 2.33. The molecule has 0 atom stereocenters. The lowest BCUT2D eigenvalue weighted by Gasteiger charge is -2.38. The molecular weight excluding hydrogens is 446 g/mol. The second kappa shape index (κ2) is 8.71. The highest BCUT2D eigenvalue weighted by Gasteiger charge is 2.34. The monoisotopic (exact) mass is 467 g/mol. The molecule has 0 radical (unpaired) electrons. The quantitative estimate of drug-likeness (QED) is 0.603. The summed E-state index contributed by atoms with van der Waals surface area (Å²) in [7, 11) is -3.83. The number of primary sulfonamides is 1. The van der Waals surface area contributed by atoms with Crippen molar-refractivity contribution in [2.45, 2.75) is 23.3 Å². The Morgan fingerprint density at radius 3 is 2.54 bits per heavy atom. The molecule has 4 N–H and O–H groups in total. The Balaban J connectivity index is 1.71. The number of benzene rings is 2. The summed E-state index contributed by atoms with van der Waals surface area (Å²) in [6.45, 7) is 1.29. The number of halogens is 1. The zero-order valence-corrected chi connectivity index (χ0v) is 17.6. The molecule has 1 amide bonds. The smallest absolute Gasteiger partial charge is 0.238 e.